The standard InChI is InChI=1S/C42H53FN7O7P/c1-2-3-4-5-6-7-8-9-10-11-12-13-14-15-16-17-18-26-35(51)45-27-28-47-58(54,57-33-25-21-23-31-22-19-20-24-32(31)33)55-29-34-37(52)38(53)41(56-34)50-30-46-36-39(44)48-42(43)49-40(36)50/h3-4,6-7,9-10,12-13,15-16,19-25,30,34,37-38,41,52-53H,2,5,8,11,14,17-18,26-29H2,1H3,(H,45,51)(H,47,54)(H2,44,48,49)/b4-3-,7-6-,10-9-,13-12-,16-15-/t34-,37-,38+,41?,58?/m1/s1. The second-order valence-corrected chi connectivity index (χ2v) is 15.2. The highest BCUT2D eigenvalue weighted by atomic mass is 31.2. The van der Waals surface area contributed by atoms with Gasteiger partial charge in [0.2, 0.25) is 5.91 Å². The quantitative estimate of drug-likeness (QED) is 0.0220. The number of nitrogens with one attached hydrogen (secondary N) is 2. The summed E-state index contributed by atoms with van der Waals surface area (Å²) in [5.41, 5.74) is 5.80. The van der Waals surface area contributed by atoms with E-state index in [4.69, 9.17) is 19.5 Å². The lowest BCUT2D eigenvalue weighted by atomic mass is 10.1. The second kappa shape index (κ2) is 22.8. The van der Waals surface area contributed by atoms with Crippen LogP contribution in [0, 0.1) is 6.08 Å². The summed E-state index contributed by atoms with van der Waals surface area (Å²) in [7, 11) is -4.19. The number of aliphatic hydroxyl groups is 2. The van der Waals surface area contributed by atoms with E-state index >= 15 is 0 Å². The van der Waals surface area contributed by atoms with E-state index in [2.05, 4.69) is 93.0 Å². The van der Waals surface area contributed by atoms with Gasteiger partial charge in [0.05, 0.1) is 12.9 Å². The number of rotatable bonds is 23. The molecule has 6 N–H and O–H groups in total. The van der Waals surface area contributed by atoms with Crippen LogP contribution in [0.2, 0.25) is 0 Å². The van der Waals surface area contributed by atoms with Gasteiger partial charge in [0.25, 0.3) is 0 Å². The molecular weight excluding hydrogens is 764 g/mol. The summed E-state index contributed by atoms with van der Waals surface area (Å²) in [4.78, 5) is 23.8. The van der Waals surface area contributed by atoms with Gasteiger partial charge in [-0.2, -0.15) is 14.4 Å². The molecule has 5 rings (SSSR count). The van der Waals surface area contributed by atoms with E-state index < -0.39 is 45.0 Å². The predicted octanol–water partition coefficient (Wildman–Crippen LogP) is 7.15. The number of amides is 1. The Morgan fingerprint density at radius 3 is 2.33 bits per heavy atom. The number of benzene rings is 2. The van der Waals surface area contributed by atoms with Crippen molar-refractivity contribution in [3.8, 4) is 5.75 Å². The number of ether oxygens (including phenoxy) is 1. The molecule has 310 valence electrons. The molecule has 5 atom stereocenters. The first-order valence-electron chi connectivity index (χ1n) is 19.5. The largest absolute Gasteiger partial charge is 0.458 e. The van der Waals surface area contributed by atoms with Crippen LogP contribution < -0.4 is 20.7 Å². The van der Waals surface area contributed by atoms with Crippen LogP contribution in [0.25, 0.3) is 21.9 Å². The summed E-state index contributed by atoms with van der Waals surface area (Å²) in [5, 5.41) is 28.9. The number of carbonyl (C=O) groups excluding carboxylic acids is 1. The van der Waals surface area contributed by atoms with Gasteiger partial charge in [-0.05, 0) is 56.4 Å². The van der Waals surface area contributed by atoms with E-state index in [9.17, 15) is 24.0 Å². The number of carbonyl (C=O) groups is 1. The fraction of sp³-hybridized carbons (Fsp3) is 0.381. The lowest BCUT2D eigenvalue weighted by Gasteiger charge is -2.23. The summed E-state index contributed by atoms with van der Waals surface area (Å²) in [6, 6.07) is 12.7. The number of aromatic nitrogens is 4. The number of nitrogen functional groups attached to an aromatic ring is 1. The fourth-order valence-corrected chi connectivity index (χ4v) is 7.46. The summed E-state index contributed by atoms with van der Waals surface area (Å²) in [6.07, 6.45) is 22.6. The molecule has 1 saturated heterocycles. The molecular formula is C42H53FN7O7P. The summed E-state index contributed by atoms with van der Waals surface area (Å²) < 4.78 is 47.2. The molecule has 3 heterocycles. The summed E-state index contributed by atoms with van der Waals surface area (Å²) >= 11 is 0. The van der Waals surface area contributed by atoms with E-state index in [1.807, 2.05) is 30.3 Å². The van der Waals surface area contributed by atoms with Gasteiger partial charge in [-0.15, -0.1) is 0 Å². The topological polar surface area (TPSA) is 196 Å². The Balaban J connectivity index is 1.07. The Hall–Kier alpha value is -5.02. The molecule has 2 aromatic carbocycles. The first-order valence-corrected chi connectivity index (χ1v) is 21.1. The van der Waals surface area contributed by atoms with Crippen LogP contribution in [0.15, 0.2) is 110 Å². The van der Waals surface area contributed by atoms with Crippen LogP contribution in [0.5, 0.6) is 5.75 Å². The zero-order chi connectivity index (χ0) is 41.2. The lowest BCUT2D eigenvalue weighted by molar-refractivity contribution is -0.121. The molecule has 0 bridgehead atoms. The van der Waals surface area contributed by atoms with Crippen molar-refractivity contribution in [3.05, 3.63) is 116 Å². The van der Waals surface area contributed by atoms with Crippen molar-refractivity contribution in [2.45, 2.75) is 82.8 Å². The first kappa shape index (κ1) is 44.1. The maximum atomic E-state index is 14.2. The molecule has 0 spiro atoms. The molecule has 1 aliphatic heterocycles. The third-order valence-corrected chi connectivity index (χ3v) is 10.6. The average molecular weight is 818 g/mol. The predicted molar refractivity (Wildman–Crippen MR) is 223 cm³/mol. The van der Waals surface area contributed by atoms with Crippen LogP contribution >= 0.6 is 7.75 Å². The molecule has 0 saturated carbocycles. The van der Waals surface area contributed by atoms with Gasteiger partial charge in [-0.25, -0.2) is 14.6 Å². The third kappa shape index (κ3) is 13.0. The van der Waals surface area contributed by atoms with Crippen molar-refractivity contribution in [1.82, 2.24) is 29.9 Å². The molecule has 1 fully saturated rings. The molecule has 0 aliphatic carbocycles. The Labute approximate surface area is 338 Å². The number of imidazole rings is 1. The summed E-state index contributed by atoms with van der Waals surface area (Å²) in [6.45, 7) is 1.80. The van der Waals surface area contributed by atoms with Gasteiger partial charge in [0.1, 0.15) is 24.1 Å². The number of allylic oxidation sites excluding steroid dienone is 10. The maximum Gasteiger partial charge on any atom is 0.458 e. The minimum Gasteiger partial charge on any atom is -0.413 e. The number of hydrogen-bond donors (Lipinski definition) is 5. The highest BCUT2D eigenvalue weighted by Crippen LogP contribution is 2.47. The number of aliphatic hydroxyl groups excluding tert-OH is 2. The zero-order valence-corrected chi connectivity index (χ0v) is 33.5. The highest BCUT2D eigenvalue weighted by molar-refractivity contribution is 7.52. The van der Waals surface area contributed by atoms with Crippen LogP contribution in [0.1, 0.15) is 64.5 Å². The maximum absolute atomic E-state index is 14.2. The van der Waals surface area contributed by atoms with Gasteiger partial charge in [-0.3, -0.25) is 13.9 Å². The van der Waals surface area contributed by atoms with Crippen LogP contribution in [-0.2, 0) is 18.6 Å². The van der Waals surface area contributed by atoms with E-state index in [0.717, 1.165) is 43.9 Å². The van der Waals surface area contributed by atoms with E-state index in [1.165, 1.54) is 10.9 Å². The number of halogens is 1. The van der Waals surface area contributed by atoms with Crippen molar-refractivity contribution in [1.29, 1.82) is 0 Å². The number of nitrogens with zero attached hydrogens (tertiary/aromatic N) is 4. The third-order valence-electron chi connectivity index (χ3n) is 9.09. The highest BCUT2D eigenvalue weighted by Gasteiger charge is 2.45. The van der Waals surface area contributed by atoms with E-state index in [0.29, 0.717) is 18.2 Å². The molecule has 0 radical (unpaired) electrons. The smallest absolute Gasteiger partial charge is 0.413 e. The van der Waals surface area contributed by atoms with Crippen molar-refractivity contribution < 1.29 is 37.7 Å². The molecule has 58 heavy (non-hydrogen) atoms. The second-order valence-electron chi connectivity index (χ2n) is 13.5. The van der Waals surface area contributed by atoms with Crippen LogP contribution in [0.4, 0.5) is 10.2 Å². The van der Waals surface area contributed by atoms with Crippen molar-refractivity contribution in [3.63, 3.8) is 0 Å². The van der Waals surface area contributed by atoms with Gasteiger partial charge in [-0.1, -0.05) is 104 Å². The average Bonchev–Trinajstić information content (AvgIpc) is 3.76. The van der Waals surface area contributed by atoms with Crippen LogP contribution in [-0.4, -0.2) is 73.6 Å². The Bertz CT molecular complexity index is 2130. The number of nitrogens with two attached hydrogens (primary N) is 1. The van der Waals surface area contributed by atoms with Gasteiger partial charge in [0.15, 0.2) is 23.2 Å². The molecule has 2 aromatic heterocycles. The number of unbranched alkanes of at least 4 members (excludes halogenated alkanes) is 1. The molecule has 1 amide bonds. The first-order chi connectivity index (χ1) is 28.2. The number of hydrogen-bond acceptors (Lipinski definition) is 11. The molecule has 4 aromatic rings. The van der Waals surface area contributed by atoms with Crippen molar-refractivity contribution >= 4 is 41.4 Å². The molecule has 16 heteroatoms. The Morgan fingerprint density at radius 1 is 0.931 bits per heavy atom. The molecule has 2 unspecified atom stereocenters. The Morgan fingerprint density at radius 2 is 1.60 bits per heavy atom. The monoisotopic (exact) mass is 817 g/mol. The number of anilines is 1. The molecule has 1 aliphatic rings. The minimum atomic E-state index is -4.19. The van der Waals surface area contributed by atoms with E-state index in [-0.39, 0.29) is 41.7 Å². The fourth-order valence-electron chi connectivity index (χ4n) is 6.11. The van der Waals surface area contributed by atoms with Gasteiger partial charge < -0.3 is 30.5 Å². The summed E-state index contributed by atoms with van der Waals surface area (Å²) in [5.74, 6) is -0.0754. The van der Waals surface area contributed by atoms with E-state index in [1.54, 1.807) is 12.1 Å². The van der Waals surface area contributed by atoms with Gasteiger partial charge in [0, 0.05) is 24.9 Å². The number of fused-ring (bicyclic) bond motifs is 2. The molecule has 14 nitrogen and oxygen atoms in total. The normalized spacial score (nSPS) is 19.9. The SMILES string of the molecule is CC/C=C\C/C=C\C/C=C\C/C=C\C/C=C\CCCC(=O)NCCNP(=O)(OC[C@H]1OC(n2cnc3c(N)nc(F)nc32)[C@@H](O)[C@@H]1O)Oc1cccc2ccccc12. The Kier molecular flexibility index (Phi) is 17.3. The van der Waals surface area contributed by atoms with Crippen molar-refractivity contribution in [2.75, 3.05) is 25.4 Å². The van der Waals surface area contributed by atoms with Gasteiger partial charge >= 0.3 is 13.8 Å². The minimum absolute atomic E-state index is 0.0234. The lowest BCUT2D eigenvalue weighted by Crippen LogP contribution is -2.35. The van der Waals surface area contributed by atoms with Crippen LogP contribution in [0.3, 0.4) is 0 Å². The zero-order valence-electron chi connectivity index (χ0n) is 32.6. The van der Waals surface area contributed by atoms with Crippen molar-refractivity contribution in [2.24, 2.45) is 0 Å².